The maximum atomic E-state index is 5.05. The molecule has 2 aliphatic carbocycles. The molecule has 0 amide bonds. The standard InChI is InChI=1S/C52H33N3/c1-3-16-34(17-4-1)49-53-50(35-18-5-2-6-19-35)55-51(54-49)38-21-15-20-36(32-38)37-30-31-44-40-23-8-7-22-39(40)41-24-9-12-27-45(41)52(48(44)33-37)46-28-13-10-25-42(46)43-26-11-14-29-47(43)52/h1-33H. The summed E-state index contributed by atoms with van der Waals surface area (Å²) in [5.41, 5.74) is 17.3. The summed E-state index contributed by atoms with van der Waals surface area (Å²) in [5, 5.41) is 0. The second-order valence-electron chi connectivity index (χ2n) is 14.3. The van der Waals surface area contributed by atoms with Gasteiger partial charge < -0.3 is 0 Å². The van der Waals surface area contributed by atoms with Crippen LogP contribution in [0.5, 0.6) is 0 Å². The van der Waals surface area contributed by atoms with Crippen LogP contribution in [0.3, 0.4) is 0 Å². The molecular weight excluding hydrogens is 667 g/mol. The van der Waals surface area contributed by atoms with Gasteiger partial charge in [0.05, 0.1) is 5.41 Å². The minimum atomic E-state index is -0.533. The molecule has 0 bridgehead atoms. The van der Waals surface area contributed by atoms with Gasteiger partial charge in [0, 0.05) is 16.7 Å². The van der Waals surface area contributed by atoms with Crippen LogP contribution in [0.1, 0.15) is 22.3 Å². The fourth-order valence-electron chi connectivity index (χ4n) is 9.00. The minimum absolute atomic E-state index is 0.533. The summed E-state index contributed by atoms with van der Waals surface area (Å²) in [5.74, 6) is 1.94. The predicted molar refractivity (Wildman–Crippen MR) is 223 cm³/mol. The van der Waals surface area contributed by atoms with Crippen LogP contribution in [0.4, 0.5) is 0 Å². The van der Waals surface area contributed by atoms with E-state index in [4.69, 9.17) is 15.0 Å². The van der Waals surface area contributed by atoms with Gasteiger partial charge in [-0.25, -0.2) is 15.0 Å². The largest absolute Gasteiger partial charge is 0.208 e. The number of hydrogen-bond acceptors (Lipinski definition) is 3. The molecule has 11 rings (SSSR count). The molecule has 1 heterocycles. The van der Waals surface area contributed by atoms with Crippen LogP contribution in [0.15, 0.2) is 200 Å². The van der Waals surface area contributed by atoms with Gasteiger partial charge in [0.2, 0.25) is 0 Å². The van der Waals surface area contributed by atoms with E-state index in [9.17, 15) is 0 Å². The van der Waals surface area contributed by atoms with Crippen molar-refractivity contribution < 1.29 is 0 Å². The lowest BCUT2D eigenvalue weighted by Gasteiger charge is -2.35. The van der Waals surface area contributed by atoms with Crippen LogP contribution in [0.25, 0.3) is 78.7 Å². The first-order chi connectivity index (χ1) is 27.3. The second kappa shape index (κ2) is 12.4. The molecule has 8 aromatic carbocycles. The minimum Gasteiger partial charge on any atom is -0.208 e. The number of fused-ring (bicyclic) bond motifs is 12. The first-order valence-electron chi connectivity index (χ1n) is 18.8. The molecule has 1 aromatic heterocycles. The molecule has 256 valence electrons. The van der Waals surface area contributed by atoms with Gasteiger partial charge in [0.1, 0.15) is 0 Å². The SMILES string of the molecule is c1ccc(-c2nc(-c3ccccc3)nc(-c3cccc(-c4ccc5c(c4)C4(c6ccccc6-c6ccccc6-5)c5ccccc5-c5ccccc54)c3)n2)cc1. The molecule has 0 radical (unpaired) electrons. The smallest absolute Gasteiger partial charge is 0.164 e. The van der Waals surface area contributed by atoms with Gasteiger partial charge >= 0.3 is 0 Å². The van der Waals surface area contributed by atoms with Crippen LogP contribution >= 0.6 is 0 Å². The fourth-order valence-corrected chi connectivity index (χ4v) is 9.00. The Morgan fingerprint density at radius 3 is 1.13 bits per heavy atom. The summed E-state index contributed by atoms with van der Waals surface area (Å²) in [4.78, 5) is 15.0. The molecule has 9 aromatic rings. The van der Waals surface area contributed by atoms with Gasteiger partial charge in [0.15, 0.2) is 17.5 Å². The number of rotatable bonds is 4. The van der Waals surface area contributed by atoms with Gasteiger partial charge in [-0.2, -0.15) is 0 Å². The molecule has 3 nitrogen and oxygen atoms in total. The lowest BCUT2D eigenvalue weighted by Crippen LogP contribution is -2.29. The lowest BCUT2D eigenvalue weighted by molar-refractivity contribution is 0.776. The Labute approximate surface area is 320 Å². The number of benzene rings is 8. The maximum absolute atomic E-state index is 5.05. The van der Waals surface area contributed by atoms with Crippen molar-refractivity contribution in [3.05, 3.63) is 222 Å². The third kappa shape index (κ3) is 4.80. The van der Waals surface area contributed by atoms with Crippen molar-refractivity contribution in [2.45, 2.75) is 5.41 Å². The Bertz CT molecular complexity index is 2830. The molecule has 0 atom stereocenters. The van der Waals surface area contributed by atoms with E-state index in [-0.39, 0.29) is 0 Å². The quantitative estimate of drug-likeness (QED) is 0.184. The summed E-state index contributed by atoms with van der Waals surface area (Å²) >= 11 is 0. The Morgan fingerprint density at radius 2 is 0.600 bits per heavy atom. The van der Waals surface area contributed by atoms with Crippen molar-refractivity contribution in [3.63, 3.8) is 0 Å². The van der Waals surface area contributed by atoms with E-state index in [1.807, 2.05) is 60.7 Å². The molecule has 0 fully saturated rings. The summed E-state index contributed by atoms with van der Waals surface area (Å²) < 4.78 is 0. The van der Waals surface area contributed by atoms with Gasteiger partial charge in [-0.15, -0.1) is 0 Å². The molecule has 55 heavy (non-hydrogen) atoms. The number of aromatic nitrogens is 3. The lowest BCUT2D eigenvalue weighted by atomic mass is 9.65. The number of nitrogens with zero attached hydrogens (tertiary/aromatic N) is 3. The van der Waals surface area contributed by atoms with E-state index in [1.165, 1.54) is 55.6 Å². The van der Waals surface area contributed by atoms with Gasteiger partial charge in [-0.1, -0.05) is 188 Å². The zero-order valence-corrected chi connectivity index (χ0v) is 29.9. The van der Waals surface area contributed by atoms with Gasteiger partial charge in [0.25, 0.3) is 0 Å². The molecule has 1 spiro atoms. The summed E-state index contributed by atoms with van der Waals surface area (Å²) in [7, 11) is 0. The van der Waals surface area contributed by atoms with Crippen molar-refractivity contribution in [3.8, 4) is 78.7 Å². The Morgan fingerprint density at radius 1 is 0.236 bits per heavy atom. The third-order valence-electron chi connectivity index (χ3n) is 11.4. The normalized spacial score (nSPS) is 12.9. The molecular formula is C52H33N3. The molecule has 0 N–H and O–H groups in total. The highest BCUT2D eigenvalue weighted by Gasteiger charge is 2.49. The van der Waals surface area contributed by atoms with E-state index in [0.29, 0.717) is 17.5 Å². The first kappa shape index (κ1) is 31.3. The van der Waals surface area contributed by atoms with Crippen molar-refractivity contribution in [1.82, 2.24) is 15.0 Å². The molecule has 2 aliphatic rings. The average molecular weight is 700 g/mol. The van der Waals surface area contributed by atoms with E-state index < -0.39 is 5.41 Å². The van der Waals surface area contributed by atoms with Crippen molar-refractivity contribution >= 4 is 0 Å². The van der Waals surface area contributed by atoms with Crippen molar-refractivity contribution in [2.24, 2.45) is 0 Å². The van der Waals surface area contributed by atoms with Crippen LogP contribution in [-0.4, -0.2) is 15.0 Å². The summed E-state index contributed by atoms with van der Waals surface area (Å²) in [6.07, 6.45) is 0. The molecule has 0 saturated heterocycles. The highest BCUT2D eigenvalue weighted by Crippen LogP contribution is 2.61. The maximum Gasteiger partial charge on any atom is 0.164 e. The van der Waals surface area contributed by atoms with Crippen LogP contribution in [0, 0.1) is 0 Å². The highest BCUT2D eigenvalue weighted by molar-refractivity contribution is 5.98. The highest BCUT2D eigenvalue weighted by atomic mass is 15.0. The zero-order valence-electron chi connectivity index (χ0n) is 29.9. The fraction of sp³-hybridized carbons (Fsp3) is 0.0192. The summed E-state index contributed by atoms with van der Waals surface area (Å²) in [6.45, 7) is 0. The van der Waals surface area contributed by atoms with E-state index in [0.717, 1.165) is 27.8 Å². The molecule has 0 aliphatic heterocycles. The molecule has 0 saturated carbocycles. The molecule has 0 unspecified atom stereocenters. The second-order valence-corrected chi connectivity index (χ2v) is 14.3. The van der Waals surface area contributed by atoms with Gasteiger partial charge in [-0.3, -0.25) is 0 Å². The van der Waals surface area contributed by atoms with Crippen LogP contribution in [-0.2, 0) is 5.41 Å². The Balaban J connectivity index is 1.15. The molecule has 3 heteroatoms. The van der Waals surface area contributed by atoms with E-state index >= 15 is 0 Å². The Hall–Kier alpha value is -7.23. The predicted octanol–water partition coefficient (Wildman–Crippen LogP) is 12.6. The van der Waals surface area contributed by atoms with Crippen molar-refractivity contribution in [2.75, 3.05) is 0 Å². The van der Waals surface area contributed by atoms with E-state index in [2.05, 4.69) is 140 Å². The Kier molecular flexibility index (Phi) is 7.08. The third-order valence-corrected chi connectivity index (χ3v) is 11.4. The zero-order chi connectivity index (χ0) is 36.3. The topological polar surface area (TPSA) is 38.7 Å². The summed E-state index contributed by atoms with van der Waals surface area (Å²) in [6, 6.07) is 71.9. The average Bonchev–Trinajstić information content (AvgIpc) is 3.52. The first-order valence-corrected chi connectivity index (χ1v) is 18.8. The van der Waals surface area contributed by atoms with Crippen molar-refractivity contribution in [1.29, 1.82) is 0 Å². The number of hydrogen-bond donors (Lipinski definition) is 0. The monoisotopic (exact) mass is 699 g/mol. The van der Waals surface area contributed by atoms with Gasteiger partial charge in [-0.05, 0) is 78.9 Å². The van der Waals surface area contributed by atoms with E-state index in [1.54, 1.807) is 0 Å². The van der Waals surface area contributed by atoms with Crippen LogP contribution < -0.4 is 0 Å². The van der Waals surface area contributed by atoms with Crippen LogP contribution in [0.2, 0.25) is 0 Å².